The van der Waals surface area contributed by atoms with Crippen molar-refractivity contribution >= 4 is 6.03 Å². The number of carbonyl (C=O) groups is 1. The maximum absolute atomic E-state index is 12.3. The Morgan fingerprint density at radius 3 is 2.30 bits per heavy atom. The molecule has 3 rings (SSSR count). The number of nitrogens with zero attached hydrogens (tertiary/aromatic N) is 3. The number of carbonyl (C=O) groups excluding carboxylic acids is 1. The summed E-state index contributed by atoms with van der Waals surface area (Å²) >= 11 is 0. The Labute approximate surface area is 163 Å². The average molecular weight is 374 g/mol. The Balaban J connectivity index is 1.47. The van der Waals surface area contributed by atoms with E-state index in [2.05, 4.69) is 63.6 Å². The van der Waals surface area contributed by atoms with E-state index >= 15 is 0 Å². The van der Waals surface area contributed by atoms with Gasteiger partial charge in [0.05, 0.1) is 0 Å². The first-order chi connectivity index (χ1) is 13.1. The minimum atomic E-state index is -0.0454. The summed E-state index contributed by atoms with van der Waals surface area (Å²) in [6.07, 6.45) is 2.06. The molecule has 150 valence electrons. The predicted molar refractivity (Wildman–Crippen MR) is 110 cm³/mol. The highest BCUT2D eigenvalue weighted by atomic mass is 16.2. The van der Waals surface area contributed by atoms with Gasteiger partial charge in [-0.1, -0.05) is 31.2 Å². The van der Waals surface area contributed by atoms with Gasteiger partial charge in [0.1, 0.15) is 0 Å². The highest BCUT2D eigenvalue weighted by Crippen LogP contribution is 2.14. The number of hydrogen-bond donors (Lipinski definition) is 2. The maximum Gasteiger partial charge on any atom is 0.315 e. The summed E-state index contributed by atoms with van der Waals surface area (Å²) in [6.45, 7) is 11.6. The standard InChI is InChI=1S/C21H35N5O/c1-3-25-12-14-26(15-13-25)17-19-7-5-4-6-18(19)16-22-21(27)23-20-8-10-24(2)11-9-20/h4-7,20H,3,8-17H2,1-2H3,(H2,22,23,27). The zero-order valence-corrected chi connectivity index (χ0v) is 16.9. The molecule has 27 heavy (non-hydrogen) atoms. The molecule has 0 bridgehead atoms. The third-order valence-electron chi connectivity index (χ3n) is 5.92. The number of rotatable bonds is 6. The van der Waals surface area contributed by atoms with Gasteiger partial charge in [0.15, 0.2) is 0 Å². The largest absolute Gasteiger partial charge is 0.335 e. The number of urea groups is 1. The van der Waals surface area contributed by atoms with Crippen LogP contribution in [0.15, 0.2) is 24.3 Å². The average Bonchev–Trinajstić information content (AvgIpc) is 2.70. The number of piperidine rings is 1. The van der Waals surface area contributed by atoms with E-state index in [9.17, 15) is 4.79 Å². The molecular weight excluding hydrogens is 338 g/mol. The lowest BCUT2D eigenvalue weighted by Gasteiger charge is -2.34. The summed E-state index contributed by atoms with van der Waals surface area (Å²) in [5.74, 6) is 0. The van der Waals surface area contributed by atoms with Gasteiger partial charge in [0.2, 0.25) is 0 Å². The Morgan fingerprint density at radius 2 is 1.63 bits per heavy atom. The molecule has 1 aromatic rings. The normalized spacial score (nSPS) is 20.5. The summed E-state index contributed by atoms with van der Waals surface area (Å²) in [6, 6.07) is 8.73. The zero-order chi connectivity index (χ0) is 19.1. The summed E-state index contributed by atoms with van der Waals surface area (Å²) in [5.41, 5.74) is 2.54. The third kappa shape index (κ3) is 6.19. The van der Waals surface area contributed by atoms with Gasteiger partial charge in [-0.05, 0) is 50.7 Å². The third-order valence-corrected chi connectivity index (χ3v) is 5.92. The van der Waals surface area contributed by atoms with E-state index in [1.54, 1.807) is 0 Å². The molecule has 2 amide bonds. The van der Waals surface area contributed by atoms with Gasteiger partial charge in [0.25, 0.3) is 0 Å². The van der Waals surface area contributed by atoms with Gasteiger partial charge in [-0.25, -0.2) is 4.79 Å². The number of hydrogen-bond acceptors (Lipinski definition) is 4. The lowest BCUT2D eigenvalue weighted by molar-refractivity contribution is 0.131. The smallest absolute Gasteiger partial charge is 0.315 e. The van der Waals surface area contributed by atoms with Gasteiger partial charge in [-0.2, -0.15) is 0 Å². The van der Waals surface area contributed by atoms with Gasteiger partial charge in [-0.15, -0.1) is 0 Å². The number of nitrogens with one attached hydrogen (secondary N) is 2. The van der Waals surface area contributed by atoms with Crippen molar-refractivity contribution in [2.24, 2.45) is 0 Å². The van der Waals surface area contributed by atoms with Crippen molar-refractivity contribution in [3.8, 4) is 0 Å². The molecule has 0 radical (unpaired) electrons. The van der Waals surface area contributed by atoms with Gasteiger partial charge in [-0.3, -0.25) is 4.90 Å². The highest BCUT2D eigenvalue weighted by molar-refractivity contribution is 5.74. The van der Waals surface area contributed by atoms with E-state index < -0.39 is 0 Å². The first-order valence-electron chi connectivity index (χ1n) is 10.4. The zero-order valence-electron chi connectivity index (χ0n) is 16.9. The molecule has 2 N–H and O–H groups in total. The van der Waals surface area contributed by atoms with Crippen LogP contribution < -0.4 is 10.6 Å². The first-order valence-corrected chi connectivity index (χ1v) is 10.4. The number of piperazine rings is 1. The second kappa shape index (κ2) is 10.1. The Hall–Kier alpha value is -1.63. The van der Waals surface area contributed by atoms with Crippen LogP contribution in [0.3, 0.4) is 0 Å². The van der Waals surface area contributed by atoms with Gasteiger partial charge in [0, 0.05) is 45.3 Å². The molecule has 2 aliphatic rings. The molecule has 1 aromatic carbocycles. The van der Waals surface area contributed by atoms with E-state index in [-0.39, 0.29) is 6.03 Å². The van der Waals surface area contributed by atoms with E-state index in [0.717, 1.165) is 65.2 Å². The van der Waals surface area contributed by atoms with Crippen LogP contribution in [0.25, 0.3) is 0 Å². The predicted octanol–water partition coefficient (Wildman–Crippen LogP) is 1.72. The van der Waals surface area contributed by atoms with Crippen LogP contribution in [0.1, 0.15) is 30.9 Å². The van der Waals surface area contributed by atoms with Crippen LogP contribution in [0.4, 0.5) is 4.79 Å². The van der Waals surface area contributed by atoms with Gasteiger partial charge >= 0.3 is 6.03 Å². The Kier molecular flexibility index (Phi) is 7.50. The molecule has 0 saturated carbocycles. The highest BCUT2D eigenvalue weighted by Gasteiger charge is 2.19. The molecule has 2 saturated heterocycles. The van der Waals surface area contributed by atoms with Crippen molar-refractivity contribution in [2.45, 2.75) is 38.9 Å². The Bertz CT molecular complexity index is 592. The van der Waals surface area contributed by atoms with E-state index in [1.165, 1.54) is 11.1 Å². The number of benzene rings is 1. The number of amides is 2. The molecule has 6 nitrogen and oxygen atoms in total. The molecule has 6 heteroatoms. The molecule has 2 aliphatic heterocycles. The van der Waals surface area contributed by atoms with Crippen molar-refractivity contribution < 1.29 is 4.79 Å². The van der Waals surface area contributed by atoms with Crippen molar-refractivity contribution in [3.63, 3.8) is 0 Å². The van der Waals surface area contributed by atoms with E-state index in [4.69, 9.17) is 0 Å². The van der Waals surface area contributed by atoms with Crippen LogP contribution in [0, 0.1) is 0 Å². The van der Waals surface area contributed by atoms with Crippen molar-refractivity contribution in [3.05, 3.63) is 35.4 Å². The summed E-state index contributed by atoms with van der Waals surface area (Å²) in [7, 11) is 2.13. The van der Waals surface area contributed by atoms with Crippen LogP contribution >= 0.6 is 0 Å². The fraction of sp³-hybridized carbons (Fsp3) is 0.667. The topological polar surface area (TPSA) is 50.9 Å². The van der Waals surface area contributed by atoms with Crippen molar-refractivity contribution in [1.82, 2.24) is 25.3 Å². The van der Waals surface area contributed by atoms with E-state index in [0.29, 0.717) is 12.6 Å². The second-order valence-corrected chi connectivity index (χ2v) is 7.88. The molecule has 0 atom stereocenters. The summed E-state index contributed by atoms with van der Waals surface area (Å²) in [4.78, 5) is 19.6. The second-order valence-electron chi connectivity index (χ2n) is 7.88. The lowest BCUT2D eigenvalue weighted by Crippen LogP contribution is -2.47. The minimum absolute atomic E-state index is 0.0454. The number of likely N-dealkylation sites (tertiary alicyclic amines) is 1. The van der Waals surface area contributed by atoms with E-state index in [1.807, 2.05) is 0 Å². The SMILES string of the molecule is CCN1CCN(Cc2ccccc2CNC(=O)NC2CCN(C)CC2)CC1. The minimum Gasteiger partial charge on any atom is -0.335 e. The summed E-state index contributed by atoms with van der Waals surface area (Å²) in [5, 5.41) is 6.19. The molecular formula is C21H35N5O. The first kappa shape index (κ1) is 20.1. The quantitative estimate of drug-likeness (QED) is 0.797. The monoisotopic (exact) mass is 373 g/mol. The van der Waals surface area contributed by atoms with Gasteiger partial charge < -0.3 is 20.4 Å². The molecule has 0 aliphatic carbocycles. The Morgan fingerprint density at radius 1 is 1.00 bits per heavy atom. The fourth-order valence-corrected chi connectivity index (χ4v) is 3.95. The molecule has 0 spiro atoms. The number of likely N-dealkylation sites (N-methyl/N-ethyl adjacent to an activating group) is 1. The molecule has 2 fully saturated rings. The van der Waals surface area contributed by atoms with Crippen molar-refractivity contribution in [1.29, 1.82) is 0 Å². The fourth-order valence-electron chi connectivity index (χ4n) is 3.95. The van der Waals surface area contributed by atoms with Crippen LogP contribution in [-0.2, 0) is 13.1 Å². The lowest BCUT2D eigenvalue weighted by atomic mass is 10.1. The molecule has 0 aromatic heterocycles. The van der Waals surface area contributed by atoms with Crippen LogP contribution in [0.5, 0.6) is 0 Å². The molecule has 2 heterocycles. The van der Waals surface area contributed by atoms with Crippen LogP contribution in [0.2, 0.25) is 0 Å². The molecule has 0 unspecified atom stereocenters. The summed E-state index contributed by atoms with van der Waals surface area (Å²) < 4.78 is 0. The van der Waals surface area contributed by atoms with Crippen LogP contribution in [-0.4, -0.2) is 79.6 Å². The van der Waals surface area contributed by atoms with Crippen molar-refractivity contribution in [2.75, 3.05) is 52.9 Å². The maximum atomic E-state index is 12.3.